The minimum absolute atomic E-state index is 0.307. The van der Waals surface area contributed by atoms with Crippen LogP contribution in [0.5, 0.6) is 0 Å². The predicted octanol–water partition coefficient (Wildman–Crippen LogP) is 2.22. The van der Waals surface area contributed by atoms with Crippen molar-refractivity contribution < 1.29 is 5.11 Å². The Morgan fingerprint density at radius 2 is 2.00 bits per heavy atom. The standard InChI is InChI=1S/C9H18O/c1-4-5-8(2)6-9(3)7-10/h4-5,8-10H,6-7H2,1-3H3/b5-4+. The van der Waals surface area contributed by atoms with Gasteiger partial charge < -0.3 is 5.11 Å². The minimum Gasteiger partial charge on any atom is -0.396 e. The Kier molecular flexibility index (Phi) is 5.32. The van der Waals surface area contributed by atoms with Gasteiger partial charge in [0.2, 0.25) is 0 Å². The highest BCUT2D eigenvalue weighted by Crippen LogP contribution is 2.11. The van der Waals surface area contributed by atoms with Crippen LogP contribution >= 0.6 is 0 Å². The molecule has 2 atom stereocenters. The molecule has 0 spiro atoms. The highest BCUT2D eigenvalue weighted by Gasteiger charge is 2.03. The molecule has 0 aliphatic carbocycles. The number of hydrogen-bond donors (Lipinski definition) is 1. The molecule has 0 aliphatic rings. The fraction of sp³-hybridized carbons (Fsp3) is 0.778. The first-order valence-corrected chi connectivity index (χ1v) is 3.94. The molecule has 10 heavy (non-hydrogen) atoms. The van der Waals surface area contributed by atoms with E-state index in [0.29, 0.717) is 18.4 Å². The van der Waals surface area contributed by atoms with E-state index in [2.05, 4.69) is 26.0 Å². The van der Waals surface area contributed by atoms with Crippen molar-refractivity contribution in [3.63, 3.8) is 0 Å². The van der Waals surface area contributed by atoms with Crippen molar-refractivity contribution in [2.24, 2.45) is 11.8 Å². The van der Waals surface area contributed by atoms with Gasteiger partial charge in [-0.2, -0.15) is 0 Å². The summed E-state index contributed by atoms with van der Waals surface area (Å²) in [6, 6.07) is 0. The van der Waals surface area contributed by atoms with Crippen LogP contribution in [0.4, 0.5) is 0 Å². The van der Waals surface area contributed by atoms with E-state index in [0.717, 1.165) is 6.42 Å². The van der Waals surface area contributed by atoms with Crippen molar-refractivity contribution in [3.05, 3.63) is 12.2 Å². The van der Waals surface area contributed by atoms with Crippen LogP contribution in [-0.4, -0.2) is 11.7 Å². The molecule has 0 aromatic heterocycles. The van der Waals surface area contributed by atoms with Crippen molar-refractivity contribution in [3.8, 4) is 0 Å². The Morgan fingerprint density at radius 1 is 1.40 bits per heavy atom. The molecule has 0 radical (unpaired) electrons. The van der Waals surface area contributed by atoms with Gasteiger partial charge in [0.1, 0.15) is 0 Å². The van der Waals surface area contributed by atoms with Gasteiger partial charge in [-0.1, -0.05) is 26.0 Å². The summed E-state index contributed by atoms with van der Waals surface area (Å²) in [4.78, 5) is 0. The maximum absolute atomic E-state index is 8.73. The number of hydrogen-bond acceptors (Lipinski definition) is 1. The van der Waals surface area contributed by atoms with E-state index < -0.39 is 0 Å². The van der Waals surface area contributed by atoms with Gasteiger partial charge in [0, 0.05) is 6.61 Å². The highest BCUT2D eigenvalue weighted by atomic mass is 16.3. The Balaban J connectivity index is 3.46. The summed E-state index contributed by atoms with van der Waals surface area (Å²) in [5.74, 6) is 1.04. The quantitative estimate of drug-likeness (QED) is 0.597. The van der Waals surface area contributed by atoms with Gasteiger partial charge in [0.05, 0.1) is 0 Å². The van der Waals surface area contributed by atoms with Crippen molar-refractivity contribution >= 4 is 0 Å². The molecule has 0 aromatic carbocycles. The SMILES string of the molecule is C/C=C/C(C)CC(C)CO. The van der Waals surface area contributed by atoms with Crippen LogP contribution in [-0.2, 0) is 0 Å². The molecule has 1 N–H and O–H groups in total. The van der Waals surface area contributed by atoms with Crippen LogP contribution < -0.4 is 0 Å². The van der Waals surface area contributed by atoms with Crippen molar-refractivity contribution in [2.45, 2.75) is 27.2 Å². The molecule has 0 saturated heterocycles. The number of aliphatic hydroxyl groups excluding tert-OH is 1. The topological polar surface area (TPSA) is 20.2 Å². The Bertz CT molecular complexity index is 96.9. The molecule has 0 bridgehead atoms. The first-order valence-electron chi connectivity index (χ1n) is 3.94. The lowest BCUT2D eigenvalue weighted by atomic mass is 9.98. The smallest absolute Gasteiger partial charge is 0.0456 e. The molecule has 1 nitrogen and oxygen atoms in total. The van der Waals surface area contributed by atoms with Gasteiger partial charge in [-0.25, -0.2) is 0 Å². The van der Waals surface area contributed by atoms with E-state index in [1.165, 1.54) is 0 Å². The molecule has 0 aliphatic heterocycles. The maximum atomic E-state index is 8.73. The van der Waals surface area contributed by atoms with Crippen LogP contribution in [0.1, 0.15) is 27.2 Å². The third kappa shape index (κ3) is 4.57. The summed E-state index contributed by atoms with van der Waals surface area (Å²) >= 11 is 0. The number of rotatable bonds is 4. The zero-order valence-corrected chi connectivity index (χ0v) is 7.17. The van der Waals surface area contributed by atoms with Crippen LogP contribution in [0.3, 0.4) is 0 Å². The molecule has 0 aromatic rings. The molecule has 0 saturated carbocycles. The molecule has 0 amide bonds. The summed E-state index contributed by atoms with van der Waals surface area (Å²) in [5.41, 5.74) is 0. The minimum atomic E-state index is 0.307. The maximum Gasteiger partial charge on any atom is 0.0456 e. The predicted molar refractivity (Wildman–Crippen MR) is 44.8 cm³/mol. The second-order valence-corrected chi connectivity index (χ2v) is 3.03. The van der Waals surface area contributed by atoms with E-state index in [1.54, 1.807) is 0 Å². The number of allylic oxidation sites excluding steroid dienone is 2. The van der Waals surface area contributed by atoms with Gasteiger partial charge in [0.25, 0.3) is 0 Å². The van der Waals surface area contributed by atoms with E-state index >= 15 is 0 Å². The molecule has 0 rings (SSSR count). The fourth-order valence-corrected chi connectivity index (χ4v) is 1.12. The lowest BCUT2D eigenvalue weighted by Crippen LogP contribution is -2.04. The molecule has 0 heterocycles. The Morgan fingerprint density at radius 3 is 2.40 bits per heavy atom. The Labute approximate surface area is 63.8 Å². The first kappa shape index (κ1) is 9.70. The third-order valence-electron chi connectivity index (χ3n) is 1.61. The average molecular weight is 142 g/mol. The zero-order valence-electron chi connectivity index (χ0n) is 7.17. The van der Waals surface area contributed by atoms with E-state index in [1.807, 2.05) is 6.92 Å². The molecular weight excluding hydrogens is 124 g/mol. The van der Waals surface area contributed by atoms with E-state index in [-0.39, 0.29) is 0 Å². The van der Waals surface area contributed by atoms with Crippen LogP contribution in [0.25, 0.3) is 0 Å². The Hall–Kier alpha value is -0.300. The van der Waals surface area contributed by atoms with Crippen LogP contribution in [0, 0.1) is 11.8 Å². The summed E-state index contributed by atoms with van der Waals surface area (Å²) < 4.78 is 0. The summed E-state index contributed by atoms with van der Waals surface area (Å²) in [7, 11) is 0. The van der Waals surface area contributed by atoms with Crippen LogP contribution in [0.2, 0.25) is 0 Å². The molecular formula is C9H18O. The monoisotopic (exact) mass is 142 g/mol. The van der Waals surface area contributed by atoms with Crippen molar-refractivity contribution in [1.82, 2.24) is 0 Å². The molecule has 2 unspecified atom stereocenters. The summed E-state index contributed by atoms with van der Waals surface area (Å²) in [6.45, 7) is 6.58. The summed E-state index contributed by atoms with van der Waals surface area (Å²) in [6.07, 6.45) is 5.32. The second kappa shape index (κ2) is 5.48. The fourth-order valence-electron chi connectivity index (χ4n) is 1.12. The third-order valence-corrected chi connectivity index (χ3v) is 1.61. The molecule has 0 fully saturated rings. The van der Waals surface area contributed by atoms with Crippen molar-refractivity contribution in [2.75, 3.05) is 6.61 Å². The average Bonchev–Trinajstić information content (AvgIpc) is 1.88. The highest BCUT2D eigenvalue weighted by molar-refractivity contribution is 4.83. The van der Waals surface area contributed by atoms with E-state index in [9.17, 15) is 0 Å². The van der Waals surface area contributed by atoms with Crippen molar-refractivity contribution in [1.29, 1.82) is 0 Å². The summed E-state index contributed by atoms with van der Waals surface area (Å²) in [5, 5.41) is 8.73. The zero-order chi connectivity index (χ0) is 7.98. The molecule has 1 heteroatoms. The van der Waals surface area contributed by atoms with Gasteiger partial charge in [-0.3, -0.25) is 0 Å². The van der Waals surface area contributed by atoms with Crippen LogP contribution in [0.15, 0.2) is 12.2 Å². The van der Waals surface area contributed by atoms with Gasteiger partial charge >= 0.3 is 0 Å². The first-order chi connectivity index (χ1) is 4.70. The lowest BCUT2D eigenvalue weighted by molar-refractivity contribution is 0.222. The normalized spacial score (nSPS) is 17.6. The van der Waals surface area contributed by atoms with Gasteiger partial charge in [0.15, 0.2) is 0 Å². The number of aliphatic hydroxyl groups is 1. The molecule has 60 valence electrons. The van der Waals surface area contributed by atoms with E-state index in [4.69, 9.17) is 5.11 Å². The second-order valence-electron chi connectivity index (χ2n) is 3.03. The lowest BCUT2D eigenvalue weighted by Gasteiger charge is -2.10. The van der Waals surface area contributed by atoms with Gasteiger partial charge in [-0.15, -0.1) is 0 Å². The largest absolute Gasteiger partial charge is 0.396 e. The van der Waals surface area contributed by atoms with Gasteiger partial charge in [-0.05, 0) is 25.2 Å².